The minimum atomic E-state index is 0.808. The fourth-order valence-electron chi connectivity index (χ4n) is 2.57. The summed E-state index contributed by atoms with van der Waals surface area (Å²) in [6, 6.07) is 3.92. The van der Waals surface area contributed by atoms with Gasteiger partial charge >= 0.3 is 0 Å². The Bertz CT molecular complexity index is 618. The molecule has 0 aromatic carbocycles. The third-order valence-electron chi connectivity index (χ3n) is 3.80. The van der Waals surface area contributed by atoms with Gasteiger partial charge in [-0.1, -0.05) is 5.16 Å². The second-order valence-electron chi connectivity index (χ2n) is 5.80. The quantitative estimate of drug-likeness (QED) is 0.840. The molecule has 0 N–H and O–H groups in total. The molecule has 7 nitrogen and oxygen atoms in total. The second-order valence-corrected chi connectivity index (χ2v) is 5.80. The molecule has 0 amide bonds. The van der Waals surface area contributed by atoms with Gasteiger partial charge in [-0.05, 0) is 13.0 Å². The lowest BCUT2D eigenvalue weighted by molar-refractivity contribution is 0.240. The lowest BCUT2D eigenvalue weighted by Gasteiger charge is -2.34. The number of nitrogens with zero attached hydrogens (tertiary/aromatic N) is 6. The third-order valence-corrected chi connectivity index (χ3v) is 3.80. The van der Waals surface area contributed by atoms with Crippen LogP contribution in [-0.4, -0.2) is 60.3 Å². The van der Waals surface area contributed by atoms with Crippen LogP contribution in [0.2, 0.25) is 0 Å². The van der Waals surface area contributed by atoms with E-state index in [1.54, 1.807) is 0 Å². The molecule has 1 fully saturated rings. The summed E-state index contributed by atoms with van der Waals surface area (Å²) in [5.41, 5.74) is 0.997. The van der Waals surface area contributed by atoms with Gasteiger partial charge in [-0.25, -0.2) is 4.98 Å². The summed E-state index contributed by atoms with van der Waals surface area (Å²) in [5, 5.41) is 4.06. The van der Waals surface area contributed by atoms with Crippen molar-refractivity contribution in [3.05, 3.63) is 29.8 Å². The normalized spacial score (nSPS) is 16.0. The van der Waals surface area contributed by atoms with Crippen LogP contribution in [0.15, 0.2) is 22.9 Å². The Kier molecular flexibility index (Phi) is 4.24. The predicted octanol–water partition coefficient (Wildman–Crippen LogP) is 1.16. The Morgan fingerprint density at radius 2 is 2.00 bits per heavy atom. The number of aryl methyl sites for hydroxylation is 1. The largest absolute Gasteiger partial charge is 0.363 e. The molecule has 3 heterocycles. The molecule has 0 aliphatic carbocycles. The maximum Gasteiger partial charge on any atom is 0.227 e. The fraction of sp³-hybridized carbons (Fsp3) is 0.533. The zero-order chi connectivity index (χ0) is 15.5. The highest BCUT2D eigenvalue weighted by Crippen LogP contribution is 2.16. The Labute approximate surface area is 130 Å². The van der Waals surface area contributed by atoms with Gasteiger partial charge in [0.15, 0.2) is 0 Å². The molecule has 1 saturated heterocycles. The van der Waals surface area contributed by atoms with E-state index in [4.69, 9.17) is 4.52 Å². The van der Waals surface area contributed by atoms with Crippen LogP contribution in [0.4, 0.5) is 11.8 Å². The summed E-state index contributed by atoms with van der Waals surface area (Å²) in [5.74, 6) is 2.61. The number of aromatic nitrogens is 3. The highest BCUT2D eigenvalue weighted by atomic mass is 16.5. The van der Waals surface area contributed by atoms with Crippen molar-refractivity contribution in [2.24, 2.45) is 0 Å². The van der Waals surface area contributed by atoms with Crippen molar-refractivity contribution in [1.82, 2.24) is 20.0 Å². The van der Waals surface area contributed by atoms with E-state index in [9.17, 15) is 0 Å². The SMILES string of the molecule is Cc1cc(CN2CCN(c3nccc(N(C)C)n3)CC2)no1. The molecule has 0 radical (unpaired) electrons. The van der Waals surface area contributed by atoms with Crippen LogP contribution in [-0.2, 0) is 6.54 Å². The number of hydrogen-bond acceptors (Lipinski definition) is 7. The van der Waals surface area contributed by atoms with Crippen LogP contribution in [0, 0.1) is 6.92 Å². The van der Waals surface area contributed by atoms with Gasteiger partial charge in [0.2, 0.25) is 5.95 Å². The van der Waals surface area contributed by atoms with Crippen molar-refractivity contribution in [2.75, 3.05) is 50.1 Å². The highest BCUT2D eigenvalue weighted by Gasteiger charge is 2.20. The summed E-state index contributed by atoms with van der Waals surface area (Å²) in [6.45, 7) is 6.55. The predicted molar refractivity (Wildman–Crippen MR) is 85.1 cm³/mol. The Hall–Kier alpha value is -2.15. The Balaban J connectivity index is 1.58. The molecule has 0 unspecified atom stereocenters. The molecular formula is C15H22N6O. The minimum Gasteiger partial charge on any atom is -0.363 e. The van der Waals surface area contributed by atoms with Gasteiger partial charge in [0, 0.05) is 59.1 Å². The monoisotopic (exact) mass is 302 g/mol. The fourth-order valence-corrected chi connectivity index (χ4v) is 2.57. The number of hydrogen-bond donors (Lipinski definition) is 0. The van der Waals surface area contributed by atoms with E-state index in [2.05, 4.69) is 24.9 Å². The summed E-state index contributed by atoms with van der Waals surface area (Å²) in [7, 11) is 3.98. The van der Waals surface area contributed by atoms with E-state index in [1.807, 2.05) is 44.2 Å². The lowest BCUT2D eigenvalue weighted by Crippen LogP contribution is -2.46. The summed E-state index contributed by atoms with van der Waals surface area (Å²) in [6.07, 6.45) is 1.82. The van der Waals surface area contributed by atoms with Crippen molar-refractivity contribution in [2.45, 2.75) is 13.5 Å². The molecule has 1 aliphatic heterocycles. The zero-order valence-electron chi connectivity index (χ0n) is 13.4. The summed E-state index contributed by atoms with van der Waals surface area (Å²) < 4.78 is 5.12. The average molecular weight is 302 g/mol. The highest BCUT2D eigenvalue weighted by molar-refractivity contribution is 5.42. The van der Waals surface area contributed by atoms with Crippen LogP contribution in [0.5, 0.6) is 0 Å². The average Bonchev–Trinajstić information content (AvgIpc) is 2.93. The van der Waals surface area contributed by atoms with Crippen LogP contribution >= 0.6 is 0 Å². The molecule has 22 heavy (non-hydrogen) atoms. The van der Waals surface area contributed by atoms with Crippen LogP contribution in [0.1, 0.15) is 11.5 Å². The van der Waals surface area contributed by atoms with E-state index in [1.165, 1.54) is 0 Å². The van der Waals surface area contributed by atoms with E-state index in [0.29, 0.717) is 0 Å². The van der Waals surface area contributed by atoms with E-state index in [0.717, 1.165) is 55.9 Å². The molecule has 2 aromatic heterocycles. The van der Waals surface area contributed by atoms with E-state index >= 15 is 0 Å². The van der Waals surface area contributed by atoms with E-state index < -0.39 is 0 Å². The smallest absolute Gasteiger partial charge is 0.227 e. The number of piperazine rings is 1. The number of anilines is 2. The van der Waals surface area contributed by atoms with Gasteiger partial charge in [0.25, 0.3) is 0 Å². The van der Waals surface area contributed by atoms with Crippen LogP contribution in [0.25, 0.3) is 0 Å². The summed E-state index contributed by atoms with van der Waals surface area (Å²) in [4.78, 5) is 15.6. The van der Waals surface area contributed by atoms with Crippen molar-refractivity contribution < 1.29 is 4.52 Å². The first-order valence-electron chi connectivity index (χ1n) is 7.52. The van der Waals surface area contributed by atoms with Crippen molar-refractivity contribution in [1.29, 1.82) is 0 Å². The molecule has 0 atom stereocenters. The van der Waals surface area contributed by atoms with Gasteiger partial charge in [-0.2, -0.15) is 4.98 Å². The third kappa shape index (κ3) is 3.36. The van der Waals surface area contributed by atoms with Gasteiger partial charge < -0.3 is 14.3 Å². The van der Waals surface area contributed by atoms with Crippen LogP contribution < -0.4 is 9.80 Å². The molecule has 3 rings (SSSR count). The molecule has 2 aromatic rings. The van der Waals surface area contributed by atoms with Gasteiger partial charge in [-0.3, -0.25) is 4.90 Å². The van der Waals surface area contributed by atoms with Crippen LogP contribution in [0.3, 0.4) is 0 Å². The molecule has 0 spiro atoms. The standard InChI is InChI=1S/C15H22N6O/c1-12-10-13(18-22-12)11-20-6-8-21(9-7-20)15-16-5-4-14(17-15)19(2)3/h4-5,10H,6-9,11H2,1-3H3. The van der Waals surface area contributed by atoms with Gasteiger partial charge in [-0.15, -0.1) is 0 Å². The first kappa shape index (κ1) is 14.8. The number of rotatable bonds is 4. The molecule has 1 aliphatic rings. The maximum atomic E-state index is 5.12. The van der Waals surface area contributed by atoms with Gasteiger partial charge in [0.1, 0.15) is 11.6 Å². The zero-order valence-corrected chi connectivity index (χ0v) is 13.4. The Morgan fingerprint density at radius 1 is 1.23 bits per heavy atom. The summed E-state index contributed by atoms with van der Waals surface area (Å²) >= 11 is 0. The second kappa shape index (κ2) is 6.31. The minimum absolute atomic E-state index is 0.808. The van der Waals surface area contributed by atoms with Gasteiger partial charge in [0.05, 0.1) is 5.69 Å². The van der Waals surface area contributed by atoms with Crippen molar-refractivity contribution in [3.8, 4) is 0 Å². The maximum absolute atomic E-state index is 5.12. The molecular weight excluding hydrogens is 280 g/mol. The Morgan fingerprint density at radius 3 is 2.64 bits per heavy atom. The molecule has 0 bridgehead atoms. The van der Waals surface area contributed by atoms with Crippen molar-refractivity contribution in [3.63, 3.8) is 0 Å². The lowest BCUT2D eigenvalue weighted by atomic mass is 10.3. The van der Waals surface area contributed by atoms with E-state index in [-0.39, 0.29) is 0 Å². The molecule has 0 saturated carbocycles. The first-order chi connectivity index (χ1) is 10.6. The molecule has 118 valence electrons. The van der Waals surface area contributed by atoms with Crippen molar-refractivity contribution >= 4 is 11.8 Å². The first-order valence-corrected chi connectivity index (χ1v) is 7.52. The molecule has 7 heteroatoms. The topological polar surface area (TPSA) is 61.5 Å².